The Kier molecular flexibility index (Phi) is 6.84. The molecule has 27 heavy (non-hydrogen) atoms. The summed E-state index contributed by atoms with van der Waals surface area (Å²) in [5, 5.41) is 4.56. The second kappa shape index (κ2) is 9.09. The summed E-state index contributed by atoms with van der Waals surface area (Å²) in [6, 6.07) is 8.26. The largest absolute Gasteiger partial charge is 0.454 e. The van der Waals surface area contributed by atoms with Gasteiger partial charge >= 0.3 is 5.97 Å². The van der Waals surface area contributed by atoms with Crippen molar-refractivity contribution in [3.05, 3.63) is 64.7 Å². The summed E-state index contributed by atoms with van der Waals surface area (Å²) in [5.41, 5.74) is -0.467. The normalized spacial score (nSPS) is 11.4. The van der Waals surface area contributed by atoms with Crippen LogP contribution in [0.2, 0.25) is 5.02 Å². The van der Waals surface area contributed by atoms with Gasteiger partial charge in [0.05, 0.1) is 10.6 Å². The molecule has 0 aromatic heterocycles. The highest BCUT2D eigenvalue weighted by molar-refractivity contribution is 6.33. The third-order valence-corrected chi connectivity index (χ3v) is 3.72. The summed E-state index contributed by atoms with van der Waals surface area (Å²) in [6.45, 7) is 0.574. The Morgan fingerprint density at radius 2 is 1.70 bits per heavy atom. The van der Waals surface area contributed by atoms with Crippen LogP contribution in [0, 0.1) is 11.6 Å². The molecule has 0 saturated carbocycles. The number of para-hydroxylation sites is 1. The van der Waals surface area contributed by atoms with Crippen molar-refractivity contribution in [3.63, 3.8) is 0 Å². The van der Waals surface area contributed by atoms with Crippen molar-refractivity contribution in [2.45, 2.75) is 13.0 Å². The summed E-state index contributed by atoms with van der Waals surface area (Å²) in [7, 11) is 0. The average molecular weight is 397 g/mol. The molecule has 2 rings (SSSR count). The van der Waals surface area contributed by atoms with Gasteiger partial charge in [-0.3, -0.25) is 9.59 Å². The van der Waals surface area contributed by atoms with Crippen molar-refractivity contribution in [1.82, 2.24) is 5.32 Å². The minimum Gasteiger partial charge on any atom is -0.454 e. The fourth-order valence-electron chi connectivity index (χ4n) is 2.03. The van der Waals surface area contributed by atoms with Crippen LogP contribution in [0.3, 0.4) is 0 Å². The van der Waals surface area contributed by atoms with E-state index in [1.807, 2.05) is 5.32 Å². The molecule has 1 atom stereocenters. The van der Waals surface area contributed by atoms with Gasteiger partial charge in [0.25, 0.3) is 11.8 Å². The Morgan fingerprint density at radius 3 is 2.33 bits per heavy atom. The number of halogens is 3. The van der Waals surface area contributed by atoms with E-state index >= 15 is 0 Å². The monoisotopic (exact) mass is 396 g/mol. The Morgan fingerprint density at radius 1 is 1.07 bits per heavy atom. The number of anilines is 1. The van der Waals surface area contributed by atoms with E-state index < -0.39 is 47.8 Å². The molecule has 0 aliphatic heterocycles. The van der Waals surface area contributed by atoms with Gasteiger partial charge in [0, 0.05) is 0 Å². The summed E-state index contributed by atoms with van der Waals surface area (Å²) in [6.07, 6.45) is 0. The zero-order valence-corrected chi connectivity index (χ0v) is 14.8. The maximum Gasteiger partial charge on any atom is 0.328 e. The van der Waals surface area contributed by atoms with Gasteiger partial charge in [-0.1, -0.05) is 29.8 Å². The Bertz CT molecular complexity index is 856. The molecule has 0 aliphatic carbocycles. The van der Waals surface area contributed by atoms with Gasteiger partial charge in [-0.25, -0.2) is 13.6 Å². The van der Waals surface area contributed by atoms with Crippen molar-refractivity contribution in [3.8, 4) is 0 Å². The number of carbonyl (C=O) groups excluding carboxylic acids is 3. The molecule has 2 aromatic carbocycles. The first kappa shape index (κ1) is 20.3. The van der Waals surface area contributed by atoms with Crippen LogP contribution in [0.25, 0.3) is 0 Å². The minimum atomic E-state index is -1.08. The molecule has 2 N–H and O–H groups in total. The predicted octanol–water partition coefficient (Wildman–Crippen LogP) is 2.92. The number of hydrogen-bond acceptors (Lipinski definition) is 4. The van der Waals surface area contributed by atoms with Crippen LogP contribution in [0.5, 0.6) is 0 Å². The molecule has 142 valence electrons. The topological polar surface area (TPSA) is 84.5 Å². The van der Waals surface area contributed by atoms with E-state index in [2.05, 4.69) is 5.32 Å². The Balaban J connectivity index is 1.86. The van der Waals surface area contributed by atoms with E-state index in [4.69, 9.17) is 16.3 Å². The highest BCUT2D eigenvalue weighted by Gasteiger charge is 2.21. The number of esters is 1. The molecule has 0 aliphatic rings. The number of amides is 2. The molecular formula is C18H15ClF2N2O4. The molecule has 9 heteroatoms. The molecule has 0 saturated heterocycles. The number of hydrogen-bond donors (Lipinski definition) is 2. The first-order chi connectivity index (χ1) is 12.8. The molecule has 0 fully saturated rings. The number of benzene rings is 2. The van der Waals surface area contributed by atoms with E-state index in [0.717, 1.165) is 18.2 Å². The number of carbonyl (C=O) groups is 3. The molecule has 2 aromatic rings. The van der Waals surface area contributed by atoms with Gasteiger partial charge in [0.2, 0.25) is 0 Å². The average Bonchev–Trinajstić information content (AvgIpc) is 2.63. The Hall–Kier alpha value is -3.00. The van der Waals surface area contributed by atoms with Crippen molar-refractivity contribution in [1.29, 1.82) is 0 Å². The van der Waals surface area contributed by atoms with Gasteiger partial charge in [-0.15, -0.1) is 0 Å². The van der Waals surface area contributed by atoms with Gasteiger partial charge in [-0.05, 0) is 31.2 Å². The minimum absolute atomic E-state index is 0.173. The lowest BCUT2D eigenvalue weighted by Crippen LogP contribution is -2.40. The van der Waals surface area contributed by atoms with Crippen LogP contribution in [0.15, 0.2) is 42.5 Å². The van der Waals surface area contributed by atoms with E-state index in [0.29, 0.717) is 0 Å². The summed E-state index contributed by atoms with van der Waals surface area (Å²) in [4.78, 5) is 35.7. The zero-order valence-electron chi connectivity index (χ0n) is 14.1. The first-order valence-electron chi connectivity index (χ1n) is 7.75. The zero-order chi connectivity index (χ0) is 20.0. The van der Waals surface area contributed by atoms with E-state index in [1.54, 1.807) is 12.1 Å². The molecule has 0 bridgehead atoms. The highest BCUT2D eigenvalue weighted by atomic mass is 35.5. The van der Waals surface area contributed by atoms with Gasteiger partial charge in [0.15, 0.2) is 6.61 Å². The van der Waals surface area contributed by atoms with Gasteiger partial charge < -0.3 is 15.4 Å². The maximum absolute atomic E-state index is 13.5. The Labute approximate surface area is 158 Å². The van der Waals surface area contributed by atoms with Crippen molar-refractivity contribution in [2.75, 3.05) is 11.9 Å². The van der Waals surface area contributed by atoms with E-state index in [1.165, 1.54) is 19.1 Å². The number of nitrogens with one attached hydrogen (secondary N) is 2. The summed E-state index contributed by atoms with van der Waals surface area (Å²) in [5.74, 6) is -4.36. The van der Waals surface area contributed by atoms with Crippen molar-refractivity contribution in [2.24, 2.45) is 0 Å². The fraction of sp³-hybridized carbons (Fsp3) is 0.167. The fourth-order valence-corrected chi connectivity index (χ4v) is 2.25. The van der Waals surface area contributed by atoms with Crippen LogP contribution < -0.4 is 10.6 Å². The SMILES string of the molecule is C[C@H](NC(=O)c1ccccc1Cl)C(=O)OCC(=O)Nc1c(F)cccc1F. The summed E-state index contributed by atoms with van der Waals surface area (Å²) < 4.78 is 31.6. The molecular weight excluding hydrogens is 382 g/mol. The maximum atomic E-state index is 13.5. The van der Waals surface area contributed by atoms with Crippen LogP contribution in [0.1, 0.15) is 17.3 Å². The van der Waals surface area contributed by atoms with Crippen LogP contribution >= 0.6 is 11.6 Å². The summed E-state index contributed by atoms with van der Waals surface area (Å²) >= 11 is 5.90. The van der Waals surface area contributed by atoms with E-state index in [9.17, 15) is 23.2 Å². The van der Waals surface area contributed by atoms with Gasteiger partial charge in [-0.2, -0.15) is 0 Å². The van der Waals surface area contributed by atoms with Crippen LogP contribution in [-0.4, -0.2) is 30.4 Å². The molecule has 0 unspecified atom stereocenters. The molecule has 6 nitrogen and oxygen atoms in total. The molecule has 0 heterocycles. The standard InChI is InChI=1S/C18H15ClF2N2O4/c1-10(22-17(25)11-5-2-3-6-12(11)19)18(26)27-9-15(24)23-16-13(20)7-4-8-14(16)21/h2-8,10H,9H2,1H3,(H,22,25)(H,23,24)/t10-/m0/s1. The lowest BCUT2D eigenvalue weighted by atomic mass is 10.2. The van der Waals surface area contributed by atoms with E-state index in [-0.39, 0.29) is 10.6 Å². The van der Waals surface area contributed by atoms with Crippen LogP contribution in [-0.2, 0) is 14.3 Å². The third-order valence-electron chi connectivity index (χ3n) is 3.39. The number of ether oxygens (including phenoxy) is 1. The molecule has 0 radical (unpaired) electrons. The highest BCUT2D eigenvalue weighted by Crippen LogP contribution is 2.18. The first-order valence-corrected chi connectivity index (χ1v) is 8.13. The number of rotatable bonds is 6. The second-order valence-corrected chi connectivity index (χ2v) is 5.83. The van der Waals surface area contributed by atoms with Crippen molar-refractivity contribution >= 4 is 35.1 Å². The lowest BCUT2D eigenvalue weighted by Gasteiger charge is -2.14. The van der Waals surface area contributed by atoms with Crippen molar-refractivity contribution < 1.29 is 27.9 Å². The van der Waals surface area contributed by atoms with Crippen LogP contribution in [0.4, 0.5) is 14.5 Å². The quantitative estimate of drug-likeness (QED) is 0.735. The molecule has 2 amide bonds. The smallest absolute Gasteiger partial charge is 0.328 e. The third kappa shape index (κ3) is 5.49. The second-order valence-electron chi connectivity index (χ2n) is 5.43. The molecule has 0 spiro atoms. The van der Waals surface area contributed by atoms with Gasteiger partial charge in [0.1, 0.15) is 23.4 Å². The lowest BCUT2D eigenvalue weighted by molar-refractivity contribution is -0.148. The predicted molar refractivity (Wildman–Crippen MR) is 94.3 cm³/mol.